The number of hydrogen-bond donors (Lipinski definition) is 0. The van der Waals surface area contributed by atoms with Gasteiger partial charge in [-0.15, -0.1) is 0 Å². The molecule has 0 aliphatic heterocycles. The second-order valence-corrected chi connectivity index (χ2v) is 3.91. The van der Waals surface area contributed by atoms with Crippen molar-refractivity contribution in [3.63, 3.8) is 0 Å². The summed E-state index contributed by atoms with van der Waals surface area (Å²) in [5.41, 5.74) is 0.561. The lowest BCUT2D eigenvalue weighted by Crippen LogP contribution is -2.28. The van der Waals surface area contributed by atoms with E-state index < -0.39 is 6.10 Å². The van der Waals surface area contributed by atoms with Gasteiger partial charge in [-0.1, -0.05) is 13.3 Å². The fourth-order valence-electron chi connectivity index (χ4n) is 1.52. The largest absolute Gasteiger partial charge is 0.479 e. The molecule has 0 saturated carbocycles. The number of nitrogens with zero attached hydrogens (tertiary/aromatic N) is 1. The van der Waals surface area contributed by atoms with Crippen LogP contribution in [0.4, 0.5) is 0 Å². The van der Waals surface area contributed by atoms with Crippen LogP contribution in [-0.4, -0.2) is 19.2 Å². The lowest BCUT2D eigenvalue weighted by molar-refractivity contribution is -0.149. The SMILES string of the molecule is CCCCC(Oc1ccc(C#N)cc1)C(=O)OC. The molecule has 0 aliphatic carbocycles. The molecule has 0 aromatic heterocycles. The summed E-state index contributed by atoms with van der Waals surface area (Å²) in [5, 5.41) is 8.69. The van der Waals surface area contributed by atoms with E-state index in [9.17, 15) is 4.79 Å². The van der Waals surface area contributed by atoms with Crippen molar-refractivity contribution in [2.24, 2.45) is 0 Å². The maximum atomic E-state index is 11.5. The molecule has 0 bridgehead atoms. The Balaban J connectivity index is 2.69. The minimum atomic E-state index is -0.581. The van der Waals surface area contributed by atoms with Crippen LogP contribution in [0, 0.1) is 11.3 Å². The van der Waals surface area contributed by atoms with E-state index in [1.54, 1.807) is 24.3 Å². The van der Waals surface area contributed by atoms with E-state index in [4.69, 9.17) is 14.7 Å². The second-order valence-electron chi connectivity index (χ2n) is 3.91. The Bertz CT molecular complexity index is 420. The summed E-state index contributed by atoms with van der Waals surface area (Å²) in [6.07, 6.45) is 1.94. The topological polar surface area (TPSA) is 59.3 Å². The number of carbonyl (C=O) groups excluding carboxylic acids is 1. The minimum Gasteiger partial charge on any atom is -0.479 e. The van der Waals surface area contributed by atoms with Crippen LogP contribution >= 0.6 is 0 Å². The predicted molar refractivity (Wildman–Crippen MR) is 67.1 cm³/mol. The van der Waals surface area contributed by atoms with Crippen LogP contribution in [0.25, 0.3) is 0 Å². The van der Waals surface area contributed by atoms with Crippen molar-refractivity contribution in [1.82, 2.24) is 0 Å². The van der Waals surface area contributed by atoms with Crippen molar-refractivity contribution < 1.29 is 14.3 Å². The van der Waals surface area contributed by atoms with Gasteiger partial charge < -0.3 is 9.47 Å². The molecule has 18 heavy (non-hydrogen) atoms. The van der Waals surface area contributed by atoms with Crippen molar-refractivity contribution in [2.45, 2.75) is 32.3 Å². The lowest BCUT2D eigenvalue weighted by Gasteiger charge is -2.16. The standard InChI is InChI=1S/C14H17NO3/c1-3-4-5-13(14(16)17-2)18-12-8-6-11(10-15)7-9-12/h6-9,13H,3-5H2,1-2H3. The highest BCUT2D eigenvalue weighted by Gasteiger charge is 2.20. The third kappa shape index (κ3) is 4.10. The normalized spacial score (nSPS) is 11.4. The fraction of sp³-hybridized carbons (Fsp3) is 0.429. The Labute approximate surface area is 107 Å². The van der Waals surface area contributed by atoms with Crippen LogP contribution < -0.4 is 4.74 Å². The summed E-state index contributed by atoms with van der Waals surface area (Å²) in [5.74, 6) is 0.202. The first-order chi connectivity index (χ1) is 8.71. The van der Waals surface area contributed by atoms with Gasteiger partial charge in [-0.2, -0.15) is 5.26 Å². The molecule has 1 unspecified atom stereocenters. The van der Waals surface area contributed by atoms with E-state index in [-0.39, 0.29) is 5.97 Å². The van der Waals surface area contributed by atoms with E-state index >= 15 is 0 Å². The maximum Gasteiger partial charge on any atom is 0.347 e. The van der Waals surface area contributed by atoms with Gasteiger partial charge in [0.05, 0.1) is 18.7 Å². The first-order valence-electron chi connectivity index (χ1n) is 5.96. The highest BCUT2D eigenvalue weighted by Crippen LogP contribution is 2.16. The molecule has 0 saturated heterocycles. The van der Waals surface area contributed by atoms with Gasteiger partial charge in [-0.05, 0) is 37.1 Å². The summed E-state index contributed by atoms with van der Waals surface area (Å²) < 4.78 is 10.3. The van der Waals surface area contributed by atoms with Gasteiger partial charge in [-0.3, -0.25) is 0 Å². The molecule has 0 fully saturated rings. The van der Waals surface area contributed by atoms with Gasteiger partial charge >= 0.3 is 5.97 Å². The molecule has 4 nitrogen and oxygen atoms in total. The highest BCUT2D eigenvalue weighted by atomic mass is 16.6. The molecule has 0 spiro atoms. The number of unbranched alkanes of at least 4 members (excludes halogenated alkanes) is 1. The van der Waals surface area contributed by atoms with Crippen molar-refractivity contribution in [1.29, 1.82) is 5.26 Å². The number of benzene rings is 1. The number of esters is 1. The quantitative estimate of drug-likeness (QED) is 0.725. The zero-order chi connectivity index (χ0) is 13.4. The minimum absolute atomic E-state index is 0.368. The monoisotopic (exact) mass is 247 g/mol. The number of rotatable bonds is 6. The van der Waals surface area contributed by atoms with Crippen molar-refractivity contribution in [3.05, 3.63) is 29.8 Å². The van der Waals surface area contributed by atoms with E-state index in [0.717, 1.165) is 12.8 Å². The van der Waals surface area contributed by atoms with E-state index in [1.165, 1.54) is 7.11 Å². The maximum absolute atomic E-state index is 11.5. The van der Waals surface area contributed by atoms with Crippen LogP contribution in [0.1, 0.15) is 31.7 Å². The number of nitriles is 1. The Morgan fingerprint density at radius 1 is 1.39 bits per heavy atom. The molecular formula is C14H17NO3. The molecule has 0 N–H and O–H groups in total. The first-order valence-corrected chi connectivity index (χ1v) is 5.96. The zero-order valence-corrected chi connectivity index (χ0v) is 10.7. The number of methoxy groups -OCH3 is 1. The molecular weight excluding hydrogens is 230 g/mol. The molecule has 0 radical (unpaired) electrons. The molecule has 4 heteroatoms. The summed E-state index contributed by atoms with van der Waals surface area (Å²) in [6, 6.07) is 8.70. The van der Waals surface area contributed by atoms with Gasteiger partial charge in [0, 0.05) is 0 Å². The van der Waals surface area contributed by atoms with Crippen molar-refractivity contribution >= 4 is 5.97 Å². The summed E-state index contributed by atoms with van der Waals surface area (Å²) >= 11 is 0. The number of hydrogen-bond acceptors (Lipinski definition) is 4. The third-order valence-corrected chi connectivity index (χ3v) is 2.55. The molecule has 96 valence electrons. The van der Waals surface area contributed by atoms with E-state index in [1.807, 2.05) is 6.07 Å². The first kappa shape index (κ1) is 14.0. The fourth-order valence-corrected chi connectivity index (χ4v) is 1.52. The Hall–Kier alpha value is -2.02. The second kappa shape index (κ2) is 7.33. The lowest BCUT2D eigenvalue weighted by atomic mass is 10.1. The van der Waals surface area contributed by atoms with Gasteiger partial charge in [0.1, 0.15) is 5.75 Å². The zero-order valence-electron chi connectivity index (χ0n) is 10.7. The molecule has 1 rings (SSSR count). The third-order valence-electron chi connectivity index (χ3n) is 2.55. The van der Waals surface area contributed by atoms with Gasteiger partial charge in [0.25, 0.3) is 0 Å². The number of ether oxygens (including phenoxy) is 2. The van der Waals surface area contributed by atoms with E-state index in [2.05, 4.69) is 6.92 Å². The van der Waals surface area contributed by atoms with Crippen LogP contribution in [-0.2, 0) is 9.53 Å². The molecule has 0 aliphatic rings. The summed E-state index contributed by atoms with van der Waals surface area (Å²) in [4.78, 5) is 11.5. The summed E-state index contributed by atoms with van der Waals surface area (Å²) in [7, 11) is 1.35. The van der Waals surface area contributed by atoms with Crippen molar-refractivity contribution in [3.8, 4) is 11.8 Å². The molecule has 0 heterocycles. The van der Waals surface area contributed by atoms with E-state index in [0.29, 0.717) is 17.7 Å². The van der Waals surface area contributed by atoms with Crippen LogP contribution in [0.5, 0.6) is 5.75 Å². The van der Waals surface area contributed by atoms with Gasteiger partial charge in [0.15, 0.2) is 6.10 Å². The molecule has 0 amide bonds. The Morgan fingerprint density at radius 2 is 2.06 bits per heavy atom. The summed E-state index contributed by atoms with van der Waals surface area (Å²) in [6.45, 7) is 2.05. The smallest absolute Gasteiger partial charge is 0.347 e. The molecule has 1 aromatic carbocycles. The van der Waals surface area contributed by atoms with Crippen LogP contribution in [0.2, 0.25) is 0 Å². The van der Waals surface area contributed by atoms with Crippen LogP contribution in [0.3, 0.4) is 0 Å². The van der Waals surface area contributed by atoms with Crippen LogP contribution in [0.15, 0.2) is 24.3 Å². The van der Waals surface area contributed by atoms with Gasteiger partial charge in [0.2, 0.25) is 0 Å². The highest BCUT2D eigenvalue weighted by molar-refractivity contribution is 5.74. The average molecular weight is 247 g/mol. The molecule has 1 atom stereocenters. The Morgan fingerprint density at radius 3 is 2.56 bits per heavy atom. The Kier molecular flexibility index (Phi) is 5.72. The molecule has 1 aromatic rings. The van der Waals surface area contributed by atoms with Gasteiger partial charge in [-0.25, -0.2) is 4.79 Å². The average Bonchev–Trinajstić information content (AvgIpc) is 2.43. The predicted octanol–water partition coefficient (Wildman–Crippen LogP) is 2.67. The van der Waals surface area contributed by atoms with Crippen molar-refractivity contribution in [2.75, 3.05) is 7.11 Å². The number of carbonyl (C=O) groups is 1.